The Kier molecular flexibility index (Phi) is 3.14. The molecular weight excluding hydrogens is 184 g/mol. The van der Waals surface area contributed by atoms with Crippen molar-refractivity contribution >= 4 is 18.6 Å². The van der Waals surface area contributed by atoms with Gasteiger partial charge in [-0.2, -0.15) is 0 Å². The molecule has 0 saturated carbocycles. The molecule has 0 spiro atoms. The van der Waals surface area contributed by atoms with Gasteiger partial charge in [0.05, 0.1) is 0 Å². The van der Waals surface area contributed by atoms with E-state index in [4.69, 9.17) is 4.74 Å². The number of esters is 1. The third-order valence-corrected chi connectivity index (χ3v) is 1.69. The van der Waals surface area contributed by atoms with Gasteiger partial charge in [-0.15, -0.1) is 12.6 Å². The van der Waals surface area contributed by atoms with Crippen LogP contribution in [-0.4, -0.2) is 5.97 Å². The smallest absolute Gasteiger partial charge is 0.338 e. The molecule has 0 atom stereocenters. The first-order chi connectivity index (χ1) is 6.09. The average molecular weight is 194 g/mol. The lowest BCUT2D eigenvalue weighted by Gasteiger charge is -2.02. The van der Waals surface area contributed by atoms with Crippen molar-refractivity contribution in [1.82, 2.24) is 0 Å². The van der Waals surface area contributed by atoms with Gasteiger partial charge in [0, 0.05) is 10.5 Å². The second kappa shape index (κ2) is 4.14. The Labute approximate surface area is 82.6 Å². The van der Waals surface area contributed by atoms with Gasteiger partial charge < -0.3 is 4.74 Å². The maximum absolute atomic E-state index is 11.1. The molecule has 0 aromatic heterocycles. The van der Waals surface area contributed by atoms with E-state index < -0.39 is 5.97 Å². The molecule has 0 heterocycles. The molecule has 0 bridgehead atoms. The zero-order valence-corrected chi connectivity index (χ0v) is 8.17. The molecular formula is C10H10O2S. The van der Waals surface area contributed by atoms with Crippen LogP contribution in [0.1, 0.15) is 6.92 Å². The number of hydrogen-bond acceptors (Lipinski definition) is 3. The van der Waals surface area contributed by atoms with Crippen LogP contribution in [-0.2, 0) is 4.79 Å². The van der Waals surface area contributed by atoms with Gasteiger partial charge in [0.15, 0.2) is 0 Å². The van der Waals surface area contributed by atoms with Crippen molar-refractivity contribution < 1.29 is 9.53 Å². The van der Waals surface area contributed by atoms with E-state index in [1.54, 1.807) is 31.2 Å². The van der Waals surface area contributed by atoms with E-state index in [1.807, 2.05) is 0 Å². The van der Waals surface area contributed by atoms with Crippen LogP contribution < -0.4 is 4.74 Å². The van der Waals surface area contributed by atoms with Crippen molar-refractivity contribution in [3.8, 4) is 5.75 Å². The molecule has 0 fully saturated rings. The number of rotatable bonds is 2. The van der Waals surface area contributed by atoms with Crippen molar-refractivity contribution in [2.45, 2.75) is 11.8 Å². The van der Waals surface area contributed by atoms with Crippen LogP contribution in [0.25, 0.3) is 0 Å². The first-order valence-corrected chi connectivity index (χ1v) is 4.21. The highest BCUT2D eigenvalue weighted by Crippen LogP contribution is 2.15. The van der Waals surface area contributed by atoms with Crippen LogP contribution in [0.2, 0.25) is 0 Å². The zero-order valence-electron chi connectivity index (χ0n) is 7.28. The Morgan fingerprint density at radius 2 is 1.92 bits per heavy atom. The normalized spacial score (nSPS) is 9.38. The summed E-state index contributed by atoms with van der Waals surface area (Å²) in [7, 11) is 0. The maximum atomic E-state index is 11.1. The molecule has 0 N–H and O–H groups in total. The maximum Gasteiger partial charge on any atom is 0.338 e. The monoisotopic (exact) mass is 194 g/mol. The van der Waals surface area contributed by atoms with Gasteiger partial charge in [0.2, 0.25) is 0 Å². The lowest BCUT2D eigenvalue weighted by Crippen LogP contribution is -2.07. The highest BCUT2D eigenvalue weighted by Gasteiger charge is 2.03. The number of carbonyl (C=O) groups excluding carboxylic acids is 1. The fourth-order valence-electron chi connectivity index (χ4n) is 0.708. The molecule has 2 nitrogen and oxygen atoms in total. The Bertz CT molecular complexity index is 327. The standard InChI is InChI=1S/C10H10O2S/c1-7(2)10(11)12-8-3-5-9(13)6-4-8/h3-6,13H,1H2,2H3. The molecule has 68 valence electrons. The predicted molar refractivity (Wildman–Crippen MR) is 54.1 cm³/mol. The van der Waals surface area contributed by atoms with Gasteiger partial charge in [-0.3, -0.25) is 0 Å². The third-order valence-electron chi connectivity index (χ3n) is 1.40. The third kappa shape index (κ3) is 2.95. The Balaban J connectivity index is 2.70. The van der Waals surface area contributed by atoms with E-state index in [9.17, 15) is 4.79 Å². The van der Waals surface area contributed by atoms with Crippen LogP contribution >= 0.6 is 12.6 Å². The zero-order chi connectivity index (χ0) is 9.84. The van der Waals surface area contributed by atoms with Crippen LogP contribution in [0.4, 0.5) is 0 Å². The second-order valence-electron chi connectivity index (χ2n) is 2.66. The molecule has 0 aliphatic carbocycles. The Morgan fingerprint density at radius 3 is 2.38 bits per heavy atom. The summed E-state index contributed by atoms with van der Waals surface area (Å²) < 4.78 is 4.96. The minimum atomic E-state index is -0.410. The molecule has 1 aromatic rings. The van der Waals surface area contributed by atoms with Crippen molar-refractivity contribution in [3.63, 3.8) is 0 Å². The van der Waals surface area contributed by atoms with E-state index in [2.05, 4.69) is 19.2 Å². The first-order valence-electron chi connectivity index (χ1n) is 3.76. The lowest BCUT2D eigenvalue weighted by molar-refractivity contribution is -0.130. The van der Waals surface area contributed by atoms with E-state index in [0.717, 1.165) is 4.90 Å². The fraction of sp³-hybridized carbons (Fsp3) is 0.100. The van der Waals surface area contributed by atoms with Crippen LogP contribution in [0, 0.1) is 0 Å². The molecule has 3 heteroatoms. The van der Waals surface area contributed by atoms with Crippen LogP contribution in [0.5, 0.6) is 5.75 Å². The summed E-state index contributed by atoms with van der Waals surface area (Å²) in [5, 5.41) is 0. The van der Waals surface area contributed by atoms with E-state index in [1.165, 1.54) is 0 Å². The molecule has 0 radical (unpaired) electrons. The summed E-state index contributed by atoms with van der Waals surface area (Å²) >= 11 is 4.10. The topological polar surface area (TPSA) is 26.3 Å². The number of hydrogen-bond donors (Lipinski definition) is 1. The largest absolute Gasteiger partial charge is 0.423 e. The van der Waals surface area contributed by atoms with E-state index >= 15 is 0 Å². The summed E-state index contributed by atoms with van der Waals surface area (Å²) in [6.07, 6.45) is 0. The quantitative estimate of drug-likeness (QED) is 0.339. The fourth-order valence-corrected chi connectivity index (χ4v) is 0.857. The van der Waals surface area contributed by atoms with Gasteiger partial charge in [0.25, 0.3) is 0 Å². The summed E-state index contributed by atoms with van der Waals surface area (Å²) in [6.45, 7) is 5.09. The highest BCUT2D eigenvalue weighted by molar-refractivity contribution is 7.80. The minimum absolute atomic E-state index is 0.384. The first kappa shape index (κ1) is 9.86. The van der Waals surface area contributed by atoms with Crippen LogP contribution in [0.15, 0.2) is 41.3 Å². The minimum Gasteiger partial charge on any atom is -0.423 e. The van der Waals surface area contributed by atoms with E-state index in [-0.39, 0.29) is 0 Å². The SMILES string of the molecule is C=C(C)C(=O)Oc1ccc(S)cc1. The van der Waals surface area contributed by atoms with E-state index in [0.29, 0.717) is 11.3 Å². The molecule has 0 amide bonds. The van der Waals surface area contributed by atoms with Gasteiger partial charge >= 0.3 is 5.97 Å². The molecule has 1 rings (SSSR count). The molecule has 13 heavy (non-hydrogen) atoms. The van der Waals surface area contributed by atoms with Gasteiger partial charge in [-0.05, 0) is 31.2 Å². The summed E-state index contributed by atoms with van der Waals surface area (Å²) in [5.74, 6) is 0.0951. The second-order valence-corrected chi connectivity index (χ2v) is 3.18. The summed E-state index contributed by atoms with van der Waals surface area (Å²) in [6, 6.07) is 6.88. The van der Waals surface area contributed by atoms with Crippen molar-refractivity contribution in [1.29, 1.82) is 0 Å². The van der Waals surface area contributed by atoms with Crippen molar-refractivity contribution in [2.75, 3.05) is 0 Å². The van der Waals surface area contributed by atoms with Gasteiger partial charge in [-0.1, -0.05) is 6.58 Å². The Hall–Kier alpha value is -1.22. The molecule has 0 aliphatic heterocycles. The number of ether oxygens (including phenoxy) is 1. The van der Waals surface area contributed by atoms with Crippen LogP contribution in [0.3, 0.4) is 0 Å². The summed E-state index contributed by atoms with van der Waals surface area (Å²) in [5.41, 5.74) is 0.384. The lowest BCUT2D eigenvalue weighted by atomic mass is 10.3. The van der Waals surface area contributed by atoms with Gasteiger partial charge in [-0.25, -0.2) is 4.79 Å². The Morgan fingerprint density at radius 1 is 1.38 bits per heavy atom. The number of thiol groups is 1. The number of benzene rings is 1. The molecule has 1 aromatic carbocycles. The average Bonchev–Trinajstić information content (AvgIpc) is 2.08. The highest BCUT2D eigenvalue weighted by atomic mass is 32.1. The molecule has 0 unspecified atom stereocenters. The van der Waals surface area contributed by atoms with Crippen molar-refractivity contribution in [3.05, 3.63) is 36.4 Å². The predicted octanol–water partition coefficient (Wildman–Crippen LogP) is 2.46. The molecule has 0 saturated heterocycles. The molecule has 0 aliphatic rings. The van der Waals surface area contributed by atoms with Crippen molar-refractivity contribution in [2.24, 2.45) is 0 Å². The summed E-state index contributed by atoms with van der Waals surface area (Å²) in [4.78, 5) is 11.9. The van der Waals surface area contributed by atoms with Gasteiger partial charge in [0.1, 0.15) is 5.75 Å². The number of carbonyl (C=O) groups is 1.